The van der Waals surface area contributed by atoms with Gasteiger partial charge in [-0.1, -0.05) is 0 Å². The van der Waals surface area contributed by atoms with Crippen molar-refractivity contribution >= 4 is 5.91 Å². The quantitative estimate of drug-likeness (QED) is 0.664. The molecule has 0 unspecified atom stereocenters. The fourth-order valence-corrected chi connectivity index (χ4v) is 1.52. The van der Waals surface area contributed by atoms with Crippen molar-refractivity contribution in [3.05, 3.63) is 0 Å². The molecule has 15 heavy (non-hydrogen) atoms. The molecule has 0 aromatic carbocycles. The molecule has 5 nitrogen and oxygen atoms in total. The lowest BCUT2D eigenvalue weighted by atomic mass is 10.3. The van der Waals surface area contributed by atoms with E-state index in [-0.39, 0.29) is 5.91 Å². The maximum Gasteiger partial charge on any atom is 0.236 e. The molecule has 1 amide bonds. The van der Waals surface area contributed by atoms with E-state index in [1.165, 1.54) is 0 Å². The average Bonchev–Trinajstić information content (AvgIpc) is 2.27. The van der Waals surface area contributed by atoms with E-state index in [2.05, 4.69) is 10.2 Å². The van der Waals surface area contributed by atoms with E-state index in [0.29, 0.717) is 19.5 Å². The zero-order valence-electron chi connectivity index (χ0n) is 9.20. The normalized spacial score (nSPS) is 17.1. The summed E-state index contributed by atoms with van der Waals surface area (Å²) >= 11 is 0. The molecule has 0 aromatic rings. The fraction of sp³-hybridized carbons (Fsp3) is 0.800. The van der Waals surface area contributed by atoms with Crippen LogP contribution in [0, 0.1) is 11.3 Å². The van der Waals surface area contributed by atoms with Crippen molar-refractivity contribution in [3.63, 3.8) is 0 Å². The Labute approximate surface area is 90.6 Å². The Morgan fingerprint density at radius 3 is 2.80 bits per heavy atom. The van der Waals surface area contributed by atoms with Gasteiger partial charge in [0.2, 0.25) is 5.91 Å². The van der Waals surface area contributed by atoms with Crippen molar-refractivity contribution in [2.75, 3.05) is 46.3 Å². The van der Waals surface area contributed by atoms with Crippen LogP contribution in [0.25, 0.3) is 0 Å². The van der Waals surface area contributed by atoms with Crippen LogP contribution in [0.3, 0.4) is 0 Å². The first kappa shape index (κ1) is 12.0. The zero-order chi connectivity index (χ0) is 11.1. The molecule has 1 N–H and O–H groups in total. The zero-order valence-corrected chi connectivity index (χ0v) is 9.20. The van der Waals surface area contributed by atoms with Crippen molar-refractivity contribution in [2.24, 2.45) is 0 Å². The highest BCUT2D eigenvalue weighted by atomic mass is 16.2. The topological polar surface area (TPSA) is 59.4 Å². The maximum atomic E-state index is 11.7. The largest absolute Gasteiger partial charge is 0.344 e. The third-order valence-electron chi connectivity index (χ3n) is 2.55. The smallest absolute Gasteiger partial charge is 0.236 e. The van der Waals surface area contributed by atoms with Crippen LogP contribution in [0.4, 0.5) is 0 Å². The van der Waals surface area contributed by atoms with E-state index >= 15 is 0 Å². The minimum absolute atomic E-state index is 0.104. The van der Waals surface area contributed by atoms with E-state index in [1.54, 1.807) is 11.9 Å². The molecule has 0 spiro atoms. The van der Waals surface area contributed by atoms with Crippen LogP contribution in [0.15, 0.2) is 0 Å². The second-order valence-corrected chi connectivity index (χ2v) is 3.75. The Kier molecular flexibility index (Phi) is 5.08. The number of amides is 1. The van der Waals surface area contributed by atoms with Crippen molar-refractivity contribution in [3.8, 4) is 6.07 Å². The summed E-state index contributed by atoms with van der Waals surface area (Å²) in [5.74, 6) is 0.104. The van der Waals surface area contributed by atoms with Crippen molar-refractivity contribution in [2.45, 2.75) is 6.42 Å². The van der Waals surface area contributed by atoms with Crippen LogP contribution in [-0.2, 0) is 4.79 Å². The summed E-state index contributed by atoms with van der Waals surface area (Å²) in [7, 11) is 1.75. The monoisotopic (exact) mass is 210 g/mol. The molecule has 0 bridgehead atoms. The van der Waals surface area contributed by atoms with Gasteiger partial charge in [-0.05, 0) is 0 Å². The molecule has 0 atom stereocenters. The average molecular weight is 210 g/mol. The molecular weight excluding hydrogens is 192 g/mol. The lowest BCUT2D eigenvalue weighted by Gasteiger charge is -2.28. The number of carbonyl (C=O) groups excluding carboxylic acids is 1. The first-order valence-corrected chi connectivity index (χ1v) is 5.28. The van der Waals surface area contributed by atoms with E-state index in [4.69, 9.17) is 5.26 Å². The van der Waals surface area contributed by atoms with Gasteiger partial charge in [-0.15, -0.1) is 0 Å². The molecule has 1 fully saturated rings. The molecule has 0 saturated carbocycles. The van der Waals surface area contributed by atoms with E-state index in [9.17, 15) is 4.79 Å². The van der Waals surface area contributed by atoms with Crippen LogP contribution >= 0.6 is 0 Å². The van der Waals surface area contributed by atoms with E-state index < -0.39 is 0 Å². The van der Waals surface area contributed by atoms with Crippen LogP contribution in [0.1, 0.15) is 6.42 Å². The predicted octanol–water partition coefficient (Wildman–Crippen LogP) is -0.736. The Bertz CT molecular complexity index is 242. The Morgan fingerprint density at radius 1 is 1.53 bits per heavy atom. The summed E-state index contributed by atoms with van der Waals surface area (Å²) in [6.07, 6.45) is 0.407. The summed E-state index contributed by atoms with van der Waals surface area (Å²) in [4.78, 5) is 15.4. The van der Waals surface area contributed by atoms with Crippen molar-refractivity contribution in [1.29, 1.82) is 5.26 Å². The summed E-state index contributed by atoms with van der Waals surface area (Å²) < 4.78 is 0. The molecule has 1 rings (SSSR count). The Balaban J connectivity index is 2.24. The van der Waals surface area contributed by atoms with Crippen LogP contribution in [-0.4, -0.2) is 62.0 Å². The minimum Gasteiger partial charge on any atom is -0.344 e. The van der Waals surface area contributed by atoms with E-state index in [0.717, 1.165) is 26.2 Å². The third-order valence-corrected chi connectivity index (χ3v) is 2.55. The highest BCUT2D eigenvalue weighted by Gasteiger charge is 2.15. The lowest BCUT2D eigenvalue weighted by Crippen LogP contribution is -2.47. The van der Waals surface area contributed by atoms with Gasteiger partial charge in [-0.25, -0.2) is 0 Å². The van der Waals surface area contributed by atoms with Crippen molar-refractivity contribution in [1.82, 2.24) is 15.1 Å². The summed E-state index contributed by atoms with van der Waals surface area (Å²) in [6, 6.07) is 2.04. The second-order valence-electron chi connectivity index (χ2n) is 3.75. The standard InChI is InChI=1S/C10H18N4O/c1-13(6-2-3-11)10(15)9-14-7-4-12-5-8-14/h12H,2,4-9H2,1H3. The first-order chi connectivity index (χ1) is 7.24. The van der Waals surface area contributed by atoms with Gasteiger partial charge in [-0.2, -0.15) is 5.26 Å². The number of hydrogen-bond donors (Lipinski definition) is 1. The molecule has 1 aliphatic heterocycles. The Morgan fingerprint density at radius 2 is 2.20 bits per heavy atom. The summed E-state index contributed by atoms with van der Waals surface area (Å²) in [6.45, 7) is 4.77. The number of nitrogens with one attached hydrogen (secondary N) is 1. The van der Waals surface area contributed by atoms with Crippen LogP contribution in [0.2, 0.25) is 0 Å². The summed E-state index contributed by atoms with van der Waals surface area (Å²) in [5, 5.41) is 11.7. The number of nitriles is 1. The SMILES string of the molecule is CN(CCC#N)C(=O)CN1CCNCC1. The highest BCUT2D eigenvalue weighted by Crippen LogP contribution is 1.95. The first-order valence-electron chi connectivity index (χ1n) is 5.28. The summed E-state index contributed by atoms with van der Waals surface area (Å²) in [5.41, 5.74) is 0. The molecule has 0 aliphatic carbocycles. The van der Waals surface area contributed by atoms with E-state index in [1.807, 2.05) is 6.07 Å². The number of hydrogen-bond acceptors (Lipinski definition) is 4. The van der Waals surface area contributed by atoms with Gasteiger partial charge >= 0.3 is 0 Å². The third kappa shape index (κ3) is 4.28. The second kappa shape index (κ2) is 6.38. The molecule has 84 valence electrons. The lowest BCUT2D eigenvalue weighted by molar-refractivity contribution is -0.131. The fourth-order valence-electron chi connectivity index (χ4n) is 1.52. The number of rotatable bonds is 4. The maximum absolute atomic E-state index is 11.7. The van der Waals surface area contributed by atoms with Gasteiger partial charge in [0.15, 0.2) is 0 Å². The molecule has 5 heteroatoms. The van der Waals surface area contributed by atoms with Gasteiger partial charge in [0, 0.05) is 39.8 Å². The minimum atomic E-state index is 0.104. The molecule has 0 aromatic heterocycles. The van der Waals surface area contributed by atoms with Gasteiger partial charge in [0.1, 0.15) is 0 Å². The van der Waals surface area contributed by atoms with Crippen LogP contribution in [0.5, 0.6) is 0 Å². The highest BCUT2D eigenvalue weighted by molar-refractivity contribution is 5.78. The van der Waals surface area contributed by atoms with Gasteiger partial charge in [-0.3, -0.25) is 9.69 Å². The van der Waals surface area contributed by atoms with Gasteiger partial charge < -0.3 is 10.2 Å². The molecule has 0 radical (unpaired) electrons. The van der Waals surface area contributed by atoms with Gasteiger partial charge in [0.25, 0.3) is 0 Å². The Hall–Kier alpha value is -1.12. The van der Waals surface area contributed by atoms with Gasteiger partial charge in [0.05, 0.1) is 19.0 Å². The van der Waals surface area contributed by atoms with Crippen molar-refractivity contribution < 1.29 is 4.79 Å². The molecular formula is C10H18N4O. The number of piperazine rings is 1. The van der Waals surface area contributed by atoms with Crippen LogP contribution < -0.4 is 5.32 Å². The molecule has 1 saturated heterocycles. The number of carbonyl (C=O) groups is 1. The number of likely N-dealkylation sites (N-methyl/N-ethyl adjacent to an activating group) is 1. The molecule has 1 aliphatic rings. The number of nitrogens with zero attached hydrogens (tertiary/aromatic N) is 3. The predicted molar refractivity (Wildman–Crippen MR) is 57.2 cm³/mol. The molecule has 1 heterocycles.